The predicted octanol–water partition coefficient (Wildman–Crippen LogP) is 3.33. The van der Waals surface area contributed by atoms with Crippen molar-refractivity contribution in [2.45, 2.75) is 78.6 Å². The average molecular weight is 528 g/mol. The first-order valence-electron chi connectivity index (χ1n) is 13.7. The summed E-state index contributed by atoms with van der Waals surface area (Å²) >= 11 is 0. The van der Waals surface area contributed by atoms with E-state index in [9.17, 15) is 24.1 Å². The molecular formula is C29H38BFO7. The van der Waals surface area contributed by atoms with Crippen LogP contribution >= 0.6 is 0 Å². The maximum absolute atomic E-state index is 14.6. The number of ether oxygens (including phenoxy) is 2. The minimum absolute atomic E-state index is 0.0993. The van der Waals surface area contributed by atoms with Crippen molar-refractivity contribution in [3.8, 4) is 5.75 Å². The summed E-state index contributed by atoms with van der Waals surface area (Å²) in [6.07, 6.45) is 3.54. The van der Waals surface area contributed by atoms with Gasteiger partial charge in [-0.3, -0.25) is 4.79 Å². The van der Waals surface area contributed by atoms with Crippen LogP contribution in [0.15, 0.2) is 24.8 Å². The number of hydrogen-bond acceptors (Lipinski definition) is 7. The molecule has 38 heavy (non-hydrogen) atoms. The Hall–Kier alpha value is -2.23. The summed E-state index contributed by atoms with van der Waals surface area (Å²) < 4.78 is 31.3. The van der Waals surface area contributed by atoms with Crippen molar-refractivity contribution in [2.75, 3.05) is 6.61 Å². The largest absolute Gasteiger partial charge is 0.491 e. The zero-order chi connectivity index (χ0) is 27.6. The van der Waals surface area contributed by atoms with E-state index in [1.807, 2.05) is 6.92 Å². The fraction of sp³-hybridized carbons (Fsp3) is 0.655. The van der Waals surface area contributed by atoms with Gasteiger partial charge in [0.25, 0.3) is 0 Å². The molecule has 2 bridgehead atoms. The Labute approximate surface area is 223 Å². The van der Waals surface area contributed by atoms with Crippen molar-refractivity contribution < 1.29 is 38.2 Å². The van der Waals surface area contributed by atoms with Crippen LogP contribution in [0.2, 0.25) is 0 Å². The molecule has 2 N–H and O–H groups in total. The van der Waals surface area contributed by atoms with E-state index in [4.69, 9.17) is 14.1 Å². The SMILES string of the molecule is C=C[C@]1(C)C[C@@H](OC(=O)COc2cc3c(cc2F)COB3O)[C@@]2(C)[C@@H]3C(=O)CC[C@@]3(CC[C@@H]2C)[C@@H](C)[C@@H]1O. The molecule has 3 saturated carbocycles. The molecule has 8 atom stereocenters. The number of aliphatic hydroxyl groups excluding tert-OH is 1. The second-order valence-electron chi connectivity index (χ2n) is 12.5. The van der Waals surface area contributed by atoms with E-state index >= 15 is 0 Å². The van der Waals surface area contributed by atoms with Crippen LogP contribution in [0.25, 0.3) is 0 Å². The standard InChI is InChI=1S/C29H38BFO7/c1-6-27(4)13-23(38-24(33)15-36-22-12-19-18(11-20(22)31)14-37-30(19)35)28(5)16(2)7-9-29(17(3)26(27)34)10-8-21(32)25(28)29/h6,11-12,16-17,23,25-26,34-35H,1,7-10,13-15H2,2-5H3/t16-,17-,23+,25-,26-,27+,28-,29-/m0/s1. The van der Waals surface area contributed by atoms with Crippen LogP contribution in [-0.2, 0) is 25.6 Å². The smallest absolute Gasteiger partial charge is 0.479 e. The van der Waals surface area contributed by atoms with Crippen molar-refractivity contribution in [3.63, 3.8) is 0 Å². The highest BCUT2D eigenvalue weighted by atomic mass is 19.1. The van der Waals surface area contributed by atoms with Gasteiger partial charge < -0.3 is 24.3 Å². The Morgan fingerprint density at radius 3 is 2.76 bits per heavy atom. The van der Waals surface area contributed by atoms with Gasteiger partial charge in [-0.1, -0.05) is 33.8 Å². The molecule has 1 heterocycles. The van der Waals surface area contributed by atoms with E-state index in [-0.39, 0.29) is 41.3 Å². The molecule has 0 amide bonds. The van der Waals surface area contributed by atoms with Gasteiger partial charge in [-0.05, 0) is 66.1 Å². The van der Waals surface area contributed by atoms with E-state index in [0.29, 0.717) is 23.9 Å². The number of halogens is 1. The first-order valence-corrected chi connectivity index (χ1v) is 13.7. The number of carbonyl (C=O) groups excluding carboxylic acids is 2. The maximum atomic E-state index is 14.6. The topological polar surface area (TPSA) is 102 Å². The summed E-state index contributed by atoms with van der Waals surface area (Å²) in [5.74, 6) is -1.68. The van der Waals surface area contributed by atoms with Crippen LogP contribution in [0, 0.1) is 39.8 Å². The van der Waals surface area contributed by atoms with Gasteiger partial charge in [0.1, 0.15) is 11.9 Å². The van der Waals surface area contributed by atoms with Crippen molar-refractivity contribution in [3.05, 3.63) is 36.2 Å². The fourth-order valence-corrected chi connectivity index (χ4v) is 8.17. The van der Waals surface area contributed by atoms with Gasteiger partial charge in [0, 0.05) is 23.2 Å². The lowest BCUT2D eigenvalue weighted by molar-refractivity contribution is -0.207. The third-order valence-electron chi connectivity index (χ3n) is 10.8. The van der Waals surface area contributed by atoms with Crippen LogP contribution < -0.4 is 10.2 Å². The minimum Gasteiger partial charge on any atom is -0.479 e. The van der Waals surface area contributed by atoms with Crippen LogP contribution in [0.5, 0.6) is 5.75 Å². The number of ketones is 1. The van der Waals surface area contributed by atoms with Crippen LogP contribution in [0.1, 0.15) is 65.4 Å². The number of hydrogen-bond donors (Lipinski definition) is 2. The highest BCUT2D eigenvalue weighted by Crippen LogP contribution is 2.68. The molecular weight excluding hydrogens is 490 g/mol. The summed E-state index contributed by atoms with van der Waals surface area (Å²) in [7, 11) is -1.17. The van der Waals surface area contributed by atoms with Crippen molar-refractivity contribution in [2.24, 2.45) is 34.0 Å². The number of fused-ring (bicyclic) bond motifs is 1. The second kappa shape index (κ2) is 9.45. The molecule has 3 aliphatic carbocycles. The fourth-order valence-electron chi connectivity index (χ4n) is 8.17. The Kier molecular flexibility index (Phi) is 6.80. The van der Waals surface area contributed by atoms with Crippen molar-refractivity contribution in [1.29, 1.82) is 0 Å². The highest BCUT2D eigenvalue weighted by molar-refractivity contribution is 6.61. The third kappa shape index (κ3) is 3.96. The third-order valence-corrected chi connectivity index (χ3v) is 10.8. The quantitative estimate of drug-likeness (QED) is 0.344. The molecule has 0 aromatic heterocycles. The molecule has 1 aromatic rings. The van der Waals surface area contributed by atoms with Crippen LogP contribution in [0.4, 0.5) is 4.39 Å². The molecule has 5 rings (SSSR count). The molecule has 206 valence electrons. The lowest BCUT2D eigenvalue weighted by Crippen LogP contribution is -2.63. The zero-order valence-electron chi connectivity index (χ0n) is 22.7. The maximum Gasteiger partial charge on any atom is 0.491 e. The number of rotatable bonds is 5. The van der Waals surface area contributed by atoms with E-state index < -0.39 is 48.5 Å². The second-order valence-corrected chi connectivity index (χ2v) is 12.5. The first kappa shape index (κ1) is 27.3. The molecule has 1 aliphatic heterocycles. The normalized spacial score (nSPS) is 40.1. The Balaban J connectivity index is 1.44. The lowest BCUT2D eigenvalue weighted by atomic mass is 9.44. The molecule has 4 aliphatic rings. The summed E-state index contributed by atoms with van der Waals surface area (Å²) in [5.41, 5.74) is -0.810. The van der Waals surface area contributed by atoms with Crippen LogP contribution in [0.3, 0.4) is 0 Å². The first-order chi connectivity index (χ1) is 17.9. The minimum atomic E-state index is -1.17. The summed E-state index contributed by atoms with van der Waals surface area (Å²) in [6.45, 7) is 11.7. The average Bonchev–Trinajstić information content (AvgIpc) is 3.43. The molecule has 3 fully saturated rings. The summed E-state index contributed by atoms with van der Waals surface area (Å²) in [4.78, 5) is 26.7. The number of esters is 1. The molecule has 0 saturated heterocycles. The Morgan fingerprint density at radius 2 is 2.05 bits per heavy atom. The number of benzene rings is 1. The number of carbonyl (C=O) groups is 2. The van der Waals surface area contributed by atoms with Gasteiger partial charge in [0.2, 0.25) is 0 Å². The van der Waals surface area contributed by atoms with Crippen molar-refractivity contribution >= 4 is 24.3 Å². The molecule has 9 heteroatoms. The molecule has 1 aromatic carbocycles. The van der Waals surface area contributed by atoms with Gasteiger partial charge in [-0.2, -0.15) is 0 Å². The van der Waals surface area contributed by atoms with Gasteiger partial charge >= 0.3 is 13.1 Å². The zero-order valence-corrected chi connectivity index (χ0v) is 22.7. The number of Topliss-reactive ketones (excluding diaryl/α,β-unsaturated/α-hetero) is 1. The van der Waals surface area contributed by atoms with E-state index in [2.05, 4.69) is 27.4 Å². The molecule has 0 spiro atoms. The van der Waals surface area contributed by atoms with Gasteiger partial charge in [0.15, 0.2) is 18.2 Å². The predicted molar refractivity (Wildman–Crippen MR) is 139 cm³/mol. The lowest BCUT2D eigenvalue weighted by Gasteiger charge is -2.61. The number of aliphatic hydroxyl groups is 1. The molecule has 0 radical (unpaired) electrons. The van der Waals surface area contributed by atoms with E-state index in [1.54, 1.807) is 6.08 Å². The van der Waals surface area contributed by atoms with E-state index in [0.717, 1.165) is 19.3 Å². The Morgan fingerprint density at radius 1 is 1.32 bits per heavy atom. The van der Waals surface area contributed by atoms with Gasteiger partial charge in [0.05, 0.1) is 12.7 Å². The van der Waals surface area contributed by atoms with Gasteiger partial charge in [-0.15, -0.1) is 6.58 Å². The summed E-state index contributed by atoms with van der Waals surface area (Å²) in [5, 5.41) is 21.5. The Bertz CT molecular complexity index is 1160. The van der Waals surface area contributed by atoms with E-state index in [1.165, 1.54) is 12.1 Å². The van der Waals surface area contributed by atoms with Gasteiger partial charge in [-0.25, -0.2) is 9.18 Å². The molecule has 7 nitrogen and oxygen atoms in total. The highest BCUT2D eigenvalue weighted by Gasteiger charge is 2.68. The van der Waals surface area contributed by atoms with Crippen molar-refractivity contribution in [1.82, 2.24) is 0 Å². The molecule has 0 unspecified atom stereocenters. The monoisotopic (exact) mass is 528 g/mol. The summed E-state index contributed by atoms with van der Waals surface area (Å²) in [6, 6.07) is 2.57. The van der Waals surface area contributed by atoms with Crippen LogP contribution in [-0.4, -0.2) is 47.8 Å².